The highest BCUT2D eigenvalue weighted by atomic mass is 16.6. The Morgan fingerprint density at radius 2 is 1.86 bits per heavy atom. The zero-order valence-corrected chi connectivity index (χ0v) is 22.0. The van der Waals surface area contributed by atoms with Gasteiger partial charge in [0.25, 0.3) is 5.91 Å². The monoisotopic (exact) mass is 507 g/mol. The average molecular weight is 508 g/mol. The first-order valence-corrected chi connectivity index (χ1v) is 13.4. The van der Waals surface area contributed by atoms with E-state index in [0.717, 1.165) is 5.56 Å². The summed E-state index contributed by atoms with van der Waals surface area (Å²) in [7, 11) is 0. The topological polar surface area (TPSA) is 105 Å². The lowest BCUT2D eigenvalue weighted by Gasteiger charge is -2.46. The fourth-order valence-corrected chi connectivity index (χ4v) is 6.91. The molecule has 3 fully saturated rings. The third-order valence-corrected chi connectivity index (χ3v) is 9.03. The molecule has 3 aliphatic heterocycles. The van der Waals surface area contributed by atoms with Crippen LogP contribution >= 0.6 is 0 Å². The van der Waals surface area contributed by atoms with Crippen molar-refractivity contribution in [2.45, 2.75) is 82.8 Å². The Kier molecular flexibility index (Phi) is 6.65. The molecule has 2 N–H and O–H groups in total. The minimum Gasteiger partial charge on any atom is -0.448 e. The predicted molar refractivity (Wildman–Crippen MR) is 137 cm³/mol. The smallest absolute Gasteiger partial charge is 0.306 e. The summed E-state index contributed by atoms with van der Waals surface area (Å²) in [6.45, 7) is 7.88. The van der Waals surface area contributed by atoms with Crippen LogP contribution in [-0.2, 0) is 30.3 Å². The minimum atomic E-state index is -1.42. The van der Waals surface area contributed by atoms with Gasteiger partial charge < -0.3 is 19.9 Å². The third kappa shape index (κ3) is 4.36. The van der Waals surface area contributed by atoms with E-state index in [2.05, 4.69) is 19.2 Å². The highest BCUT2D eigenvalue weighted by molar-refractivity contribution is 5.98. The molecule has 3 heterocycles. The number of epoxide rings is 1. The van der Waals surface area contributed by atoms with Crippen molar-refractivity contribution in [1.82, 2.24) is 5.32 Å². The number of esters is 1. The van der Waals surface area contributed by atoms with E-state index in [1.54, 1.807) is 6.92 Å². The van der Waals surface area contributed by atoms with Gasteiger partial charge in [0.1, 0.15) is 6.10 Å². The Hall–Kier alpha value is -2.77. The summed E-state index contributed by atoms with van der Waals surface area (Å²) in [5.74, 6) is -1.99. The van der Waals surface area contributed by atoms with E-state index in [-0.39, 0.29) is 54.4 Å². The molecule has 2 saturated heterocycles. The van der Waals surface area contributed by atoms with Crippen LogP contribution in [-0.4, -0.2) is 52.2 Å². The van der Waals surface area contributed by atoms with Crippen molar-refractivity contribution in [3.8, 4) is 0 Å². The van der Waals surface area contributed by atoms with Crippen LogP contribution < -0.4 is 5.32 Å². The molecule has 1 aromatic rings. The first-order valence-electron chi connectivity index (χ1n) is 13.4. The number of hydrogen-bond donors (Lipinski definition) is 2. The van der Waals surface area contributed by atoms with Gasteiger partial charge in [-0.1, -0.05) is 62.4 Å². The fraction of sp³-hybridized carbons (Fsp3) is 0.567. The van der Waals surface area contributed by atoms with Crippen molar-refractivity contribution in [2.75, 3.05) is 0 Å². The molecule has 4 aliphatic rings. The molecule has 7 nitrogen and oxygen atoms in total. The first-order chi connectivity index (χ1) is 17.6. The molecule has 0 radical (unpaired) electrons. The second kappa shape index (κ2) is 9.52. The summed E-state index contributed by atoms with van der Waals surface area (Å²) in [5, 5.41) is 13.6. The van der Waals surface area contributed by atoms with Gasteiger partial charge >= 0.3 is 5.97 Å². The maximum Gasteiger partial charge on any atom is 0.306 e. The first kappa shape index (κ1) is 25.9. The van der Waals surface area contributed by atoms with Crippen LogP contribution in [0.5, 0.6) is 0 Å². The third-order valence-electron chi connectivity index (χ3n) is 9.03. The number of aliphatic hydroxyl groups excluding tert-OH is 1. The van der Waals surface area contributed by atoms with Gasteiger partial charge in [0, 0.05) is 18.4 Å². The number of amides is 1. The molecule has 1 spiro atoms. The van der Waals surface area contributed by atoms with Crippen LogP contribution in [0.2, 0.25) is 0 Å². The van der Waals surface area contributed by atoms with Gasteiger partial charge in [0.05, 0.1) is 17.6 Å². The van der Waals surface area contributed by atoms with E-state index >= 15 is 0 Å². The van der Waals surface area contributed by atoms with Gasteiger partial charge in [-0.25, -0.2) is 0 Å². The summed E-state index contributed by atoms with van der Waals surface area (Å²) < 4.78 is 12.5. The Morgan fingerprint density at radius 3 is 2.59 bits per heavy atom. The minimum absolute atomic E-state index is 0.0434. The maximum absolute atomic E-state index is 13.9. The van der Waals surface area contributed by atoms with Crippen molar-refractivity contribution in [1.29, 1.82) is 0 Å². The molecule has 1 saturated carbocycles. The number of hydrogen-bond acceptors (Lipinski definition) is 6. The second-order valence-electron chi connectivity index (χ2n) is 11.5. The van der Waals surface area contributed by atoms with Crippen molar-refractivity contribution in [3.63, 3.8) is 0 Å². The molecule has 37 heavy (non-hydrogen) atoms. The van der Waals surface area contributed by atoms with Crippen molar-refractivity contribution in [2.24, 2.45) is 23.7 Å². The van der Waals surface area contributed by atoms with Crippen LogP contribution in [0.15, 0.2) is 54.1 Å². The lowest BCUT2D eigenvalue weighted by Crippen LogP contribution is -2.61. The standard InChI is InChI=1S/C30H37NO6/c1-17-9-8-12-21-27-29(4,37-27)19(3)25-22(16-20-10-6-5-7-11-20)31-28(35)30(21,25)36-24(33)14-13-23(32)26(34)18(2)15-17/h5-8,10-12,15,17,19,21-23,25,27,32H,9,13-14,16H2,1-4H3,(H,31,35)/b12-8+,18-15+/t17-,19-,21-,22-,23-,25-,27-,29+,30+/m0/s1. The number of rotatable bonds is 2. The number of fused-ring (bicyclic) bond motifs is 2. The normalized spacial score (nSPS) is 44.2. The molecule has 7 heteroatoms. The summed E-state index contributed by atoms with van der Waals surface area (Å²) in [4.78, 5) is 39.7. The predicted octanol–water partition coefficient (Wildman–Crippen LogP) is 3.30. The highest BCUT2D eigenvalue weighted by Gasteiger charge is 2.78. The Morgan fingerprint density at radius 1 is 1.14 bits per heavy atom. The molecule has 198 valence electrons. The molecule has 0 aromatic heterocycles. The lowest BCUT2D eigenvalue weighted by atomic mass is 9.59. The zero-order chi connectivity index (χ0) is 26.5. The average Bonchev–Trinajstić information content (AvgIpc) is 3.48. The quantitative estimate of drug-likeness (QED) is 0.362. The number of aliphatic hydroxyl groups is 1. The van der Waals surface area contributed by atoms with Crippen LogP contribution in [0.1, 0.15) is 52.5 Å². The van der Waals surface area contributed by atoms with Crippen LogP contribution in [0.4, 0.5) is 0 Å². The number of nitrogens with one attached hydrogen (secondary N) is 1. The van der Waals surface area contributed by atoms with E-state index in [4.69, 9.17) is 9.47 Å². The number of benzene rings is 1. The molecule has 1 aliphatic carbocycles. The summed E-state index contributed by atoms with van der Waals surface area (Å²) in [5.41, 5.74) is -0.245. The van der Waals surface area contributed by atoms with Gasteiger partial charge in [-0.2, -0.15) is 0 Å². The van der Waals surface area contributed by atoms with Gasteiger partial charge in [-0.15, -0.1) is 0 Å². The highest BCUT2D eigenvalue weighted by Crippen LogP contribution is 2.63. The van der Waals surface area contributed by atoms with Crippen LogP contribution in [0.3, 0.4) is 0 Å². The van der Waals surface area contributed by atoms with E-state index in [1.807, 2.05) is 55.5 Å². The number of ether oxygens (including phenoxy) is 2. The molecule has 1 aromatic carbocycles. The number of Topliss-reactive ketones (excluding diaryl/α,β-unsaturated/α-hetero) is 1. The Balaban J connectivity index is 1.56. The molecule has 9 atom stereocenters. The molecule has 0 unspecified atom stereocenters. The van der Waals surface area contributed by atoms with Crippen molar-refractivity contribution < 1.29 is 29.0 Å². The van der Waals surface area contributed by atoms with Gasteiger partial charge in [-0.3, -0.25) is 14.4 Å². The zero-order valence-electron chi connectivity index (χ0n) is 22.0. The van der Waals surface area contributed by atoms with E-state index in [9.17, 15) is 19.5 Å². The van der Waals surface area contributed by atoms with E-state index in [1.165, 1.54) is 0 Å². The van der Waals surface area contributed by atoms with Crippen molar-refractivity contribution in [3.05, 3.63) is 59.7 Å². The SMILES string of the molecule is C/C1=C\[C@@H](C)C/C=C/[C@H]2[C@@H]3O[C@]3(C)[C@@H](C)[C@H]3[C@H](Cc4ccccc4)NC(=O)[C@]32OC(=O)CC[C@H](O)C1=O. The van der Waals surface area contributed by atoms with Crippen LogP contribution in [0, 0.1) is 23.7 Å². The Labute approximate surface area is 218 Å². The van der Waals surface area contributed by atoms with Crippen LogP contribution in [0.25, 0.3) is 0 Å². The summed E-state index contributed by atoms with van der Waals surface area (Å²) in [6, 6.07) is 9.76. The fourth-order valence-electron chi connectivity index (χ4n) is 6.91. The molecular weight excluding hydrogens is 470 g/mol. The van der Waals surface area contributed by atoms with Gasteiger partial charge in [-0.05, 0) is 56.1 Å². The number of carbonyl (C=O) groups is 3. The van der Waals surface area contributed by atoms with Gasteiger partial charge in [0.2, 0.25) is 5.60 Å². The number of carbonyl (C=O) groups excluding carboxylic acids is 3. The largest absolute Gasteiger partial charge is 0.448 e. The summed E-state index contributed by atoms with van der Waals surface area (Å²) in [6.07, 6.45) is 5.38. The summed E-state index contributed by atoms with van der Waals surface area (Å²) >= 11 is 0. The molecular formula is C30H37NO6. The number of allylic oxidation sites excluding steroid dienone is 2. The molecule has 0 bridgehead atoms. The van der Waals surface area contributed by atoms with Crippen molar-refractivity contribution >= 4 is 17.7 Å². The number of ketones is 1. The van der Waals surface area contributed by atoms with Gasteiger partial charge in [0.15, 0.2) is 5.78 Å². The molecule has 5 rings (SSSR count). The molecule has 1 amide bonds. The van der Waals surface area contributed by atoms with E-state index < -0.39 is 29.2 Å². The van der Waals surface area contributed by atoms with E-state index in [0.29, 0.717) is 18.4 Å². The lowest BCUT2D eigenvalue weighted by molar-refractivity contribution is -0.182. The Bertz CT molecular complexity index is 1140. The maximum atomic E-state index is 13.9. The second-order valence-corrected chi connectivity index (χ2v) is 11.5.